The normalized spacial score (nSPS) is 12.2. The zero-order valence-corrected chi connectivity index (χ0v) is 19.1. The van der Waals surface area contributed by atoms with Gasteiger partial charge in [-0.2, -0.15) is 0 Å². The molecule has 0 aliphatic carbocycles. The number of hydrogen-bond acceptors (Lipinski definition) is 2. The van der Waals surface area contributed by atoms with Crippen molar-refractivity contribution in [1.82, 2.24) is 5.32 Å². The van der Waals surface area contributed by atoms with Crippen LogP contribution in [0.2, 0.25) is 0 Å². The molecule has 2 N–H and O–H groups in total. The highest BCUT2D eigenvalue weighted by Gasteiger charge is 2.22. The molecule has 3 nitrogen and oxygen atoms in total. The van der Waals surface area contributed by atoms with Crippen molar-refractivity contribution in [1.29, 1.82) is 0 Å². The largest absolute Gasteiger partial charge is 0.324 e. The molecule has 1 atom stereocenters. The fraction of sp³-hybridized carbons (Fsp3) is 0.321. The summed E-state index contributed by atoms with van der Waals surface area (Å²) in [6.07, 6.45) is 0.639. The lowest BCUT2D eigenvalue weighted by molar-refractivity contribution is -0.118. The van der Waals surface area contributed by atoms with Gasteiger partial charge in [-0.1, -0.05) is 107 Å². The van der Waals surface area contributed by atoms with Gasteiger partial charge in [-0.25, -0.2) is 0 Å². The molecule has 1 amide bonds. The second-order valence-corrected chi connectivity index (χ2v) is 8.72. The number of amides is 1. The van der Waals surface area contributed by atoms with E-state index in [2.05, 4.69) is 80.8 Å². The molecule has 0 saturated heterocycles. The summed E-state index contributed by atoms with van der Waals surface area (Å²) in [7, 11) is 0. The minimum Gasteiger partial charge on any atom is -0.324 e. The molecule has 0 aliphatic heterocycles. The highest BCUT2D eigenvalue weighted by atomic mass is 16.2. The Kier molecular flexibility index (Phi) is 8.02. The molecule has 3 aromatic rings. The minimum absolute atomic E-state index is 0.00906. The monoisotopic (exact) mass is 414 g/mol. The number of benzene rings is 3. The van der Waals surface area contributed by atoms with E-state index in [-0.39, 0.29) is 11.9 Å². The lowest BCUT2D eigenvalue weighted by Gasteiger charge is -2.24. The van der Waals surface area contributed by atoms with Crippen molar-refractivity contribution in [3.8, 4) is 0 Å². The van der Waals surface area contributed by atoms with Gasteiger partial charge in [0.05, 0.1) is 6.04 Å². The van der Waals surface area contributed by atoms with Crippen molar-refractivity contribution in [3.05, 3.63) is 101 Å². The van der Waals surface area contributed by atoms with Gasteiger partial charge < -0.3 is 10.6 Å². The average Bonchev–Trinajstić information content (AvgIpc) is 2.77. The van der Waals surface area contributed by atoms with E-state index in [1.807, 2.05) is 36.4 Å². The van der Waals surface area contributed by atoms with Gasteiger partial charge in [-0.3, -0.25) is 4.79 Å². The van der Waals surface area contributed by atoms with Crippen LogP contribution in [0, 0.1) is 0 Å². The van der Waals surface area contributed by atoms with E-state index in [0.717, 1.165) is 11.3 Å². The SMILES string of the molecule is CC(C)c1cccc(C(C)C)c1NC(=O)[C@H](Cc1ccccc1)NCc1ccccc1. The van der Waals surface area contributed by atoms with Crippen LogP contribution < -0.4 is 10.6 Å². The van der Waals surface area contributed by atoms with E-state index in [9.17, 15) is 4.79 Å². The molecule has 0 saturated carbocycles. The lowest BCUT2D eigenvalue weighted by Crippen LogP contribution is -2.42. The lowest BCUT2D eigenvalue weighted by atomic mass is 9.92. The third-order valence-electron chi connectivity index (χ3n) is 5.62. The molecule has 31 heavy (non-hydrogen) atoms. The Bertz CT molecular complexity index is 939. The van der Waals surface area contributed by atoms with Crippen LogP contribution in [-0.2, 0) is 17.8 Å². The van der Waals surface area contributed by atoms with Gasteiger partial charge in [0.2, 0.25) is 5.91 Å². The minimum atomic E-state index is -0.331. The van der Waals surface area contributed by atoms with E-state index in [0.29, 0.717) is 24.8 Å². The molecule has 3 heteroatoms. The molecule has 0 aliphatic rings. The maximum Gasteiger partial charge on any atom is 0.241 e. The van der Waals surface area contributed by atoms with Crippen LogP contribution in [0.5, 0.6) is 0 Å². The van der Waals surface area contributed by atoms with Crippen LogP contribution in [0.25, 0.3) is 0 Å². The number of rotatable bonds is 9. The molecule has 0 fully saturated rings. The van der Waals surface area contributed by atoms with E-state index in [1.54, 1.807) is 0 Å². The number of nitrogens with one attached hydrogen (secondary N) is 2. The van der Waals surface area contributed by atoms with E-state index in [1.165, 1.54) is 16.7 Å². The van der Waals surface area contributed by atoms with Crippen molar-refractivity contribution in [2.75, 3.05) is 5.32 Å². The predicted molar refractivity (Wildman–Crippen MR) is 130 cm³/mol. The number of para-hydroxylation sites is 1. The zero-order valence-electron chi connectivity index (χ0n) is 19.1. The topological polar surface area (TPSA) is 41.1 Å². The number of hydrogen-bond donors (Lipinski definition) is 2. The van der Waals surface area contributed by atoms with Gasteiger partial charge in [0, 0.05) is 12.2 Å². The maximum atomic E-state index is 13.5. The smallest absolute Gasteiger partial charge is 0.241 e. The second-order valence-electron chi connectivity index (χ2n) is 8.72. The molecule has 162 valence electrons. The molecule has 3 rings (SSSR count). The highest BCUT2D eigenvalue weighted by Crippen LogP contribution is 2.32. The van der Waals surface area contributed by atoms with E-state index < -0.39 is 0 Å². The highest BCUT2D eigenvalue weighted by molar-refractivity contribution is 5.96. The molecule has 0 heterocycles. The first kappa shape index (κ1) is 22.8. The van der Waals surface area contributed by atoms with Crippen molar-refractivity contribution in [2.45, 2.75) is 58.5 Å². The molecule has 0 bridgehead atoms. The van der Waals surface area contributed by atoms with Crippen molar-refractivity contribution in [3.63, 3.8) is 0 Å². The summed E-state index contributed by atoms with van der Waals surface area (Å²) in [6.45, 7) is 9.33. The molecule has 0 unspecified atom stereocenters. The van der Waals surface area contributed by atoms with Crippen molar-refractivity contribution >= 4 is 11.6 Å². The van der Waals surface area contributed by atoms with Gasteiger partial charge in [0.15, 0.2) is 0 Å². The third kappa shape index (κ3) is 6.28. The Morgan fingerprint density at radius 1 is 0.710 bits per heavy atom. The Morgan fingerprint density at radius 3 is 1.74 bits per heavy atom. The van der Waals surface area contributed by atoms with Crippen LogP contribution in [0.15, 0.2) is 78.9 Å². The summed E-state index contributed by atoms with van der Waals surface area (Å²) < 4.78 is 0. The van der Waals surface area contributed by atoms with Crippen molar-refractivity contribution in [2.24, 2.45) is 0 Å². The van der Waals surface area contributed by atoms with Gasteiger partial charge in [0.25, 0.3) is 0 Å². The van der Waals surface area contributed by atoms with Gasteiger partial charge in [0.1, 0.15) is 0 Å². The number of carbonyl (C=O) groups is 1. The summed E-state index contributed by atoms with van der Waals surface area (Å²) in [5.41, 5.74) is 5.64. The van der Waals surface area contributed by atoms with E-state index >= 15 is 0 Å². The fourth-order valence-electron chi connectivity index (χ4n) is 3.85. The molecular weight excluding hydrogens is 380 g/mol. The first-order valence-electron chi connectivity index (χ1n) is 11.2. The number of carbonyl (C=O) groups excluding carboxylic acids is 1. The summed E-state index contributed by atoms with van der Waals surface area (Å²) in [5.74, 6) is 0.674. The van der Waals surface area contributed by atoms with Gasteiger partial charge in [-0.05, 0) is 40.5 Å². The number of anilines is 1. The molecule has 0 aromatic heterocycles. The molecule has 0 spiro atoms. The third-order valence-corrected chi connectivity index (χ3v) is 5.62. The fourth-order valence-corrected chi connectivity index (χ4v) is 3.85. The maximum absolute atomic E-state index is 13.5. The summed E-state index contributed by atoms with van der Waals surface area (Å²) in [5, 5.41) is 6.79. The molecule has 0 radical (unpaired) electrons. The first-order valence-corrected chi connectivity index (χ1v) is 11.2. The Morgan fingerprint density at radius 2 is 1.23 bits per heavy atom. The van der Waals surface area contributed by atoms with Crippen molar-refractivity contribution < 1.29 is 4.79 Å². The van der Waals surface area contributed by atoms with Crippen LogP contribution in [0.3, 0.4) is 0 Å². The zero-order chi connectivity index (χ0) is 22.2. The summed E-state index contributed by atoms with van der Waals surface area (Å²) in [6, 6.07) is 26.4. The Hall–Kier alpha value is -2.91. The Labute approximate surface area is 186 Å². The van der Waals surface area contributed by atoms with Crippen LogP contribution in [-0.4, -0.2) is 11.9 Å². The first-order chi connectivity index (χ1) is 15.0. The standard InChI is InChI=1S/C28H34N2O/c1-20(2)24-16-11-17-25(21(3)4)27(24)30-28(31)26(18-22-12-7-5-8-13-22)29-19-23-14-9-6-10-15-23/h5-17,20-21,26,29H,18-19H2,1-4H3,(H,30,31)/t26-/m0/s1. The summed E-state index contributed by atoms with van der Waals surface area (Å²) >= 11 is 0. The van der Waals surface area contributed by atoms with Crippen LogP contribution >= 0.6 is 0 Å². The van der Waals surface area contributed by atoms with Gasteiger partial charge in [-0.15, -0.1) is 0 Å². The van der Waals surface area contributed by atoms with Crippen LogP contribution in [0.4, 0.5) is 5.69 Å². The summed E-state index contributed by atoms with van der Waals surface area (Å²) in [4.78, 5) is 13.5. The second kappa shape index (κ2) is 10.9. The predicted octanol–water partition coefficient (Wildman–Crippen LogP) is 6.27. The van der Waals surface area contributed by atoms with Crippen LogP contribution in [0.1, 0.15) is 61.8 Å². The molecular formula is C28H34N2O. The Balaban J connectivity index is 1.86. The quantitative estimate of drug-likeness (QED) is 0.433. The molecule has 3 aromatic carbocycles. The van der Waals surface area contributed by atoms with E-state index in [4.69, 9.17) is 0 Å². The average molecular weight is 415 g/mol. The van der Waals surface area contributed by atoms with Gasteiger partial charge >= 0.3 is 0 Å².